The van der Waals surface area contributed by atoms with E-state index in [0.29, 0.717) is 21.1 Å². The highest BCUT2D eigenvalue weighted by molar-refractivity contribution is 7.18. The van der Waals surface area contributed by atoms with Gasteiger partial charge in [-0.25, -0.2) is 13.2 Å². The van der Waals surface area contributed by atoms with Crippen molar-refractivity contribution >= 4 is 34.5 Å². The monoisotopic (exact) mass is 416 g/mol. The van der Waals surface area contributed by atoms with Crippen LogP contribution < -0.4 is 10.9 Å². The van der Waals surface area contributed by atoms with Crippen LogP contribution in [-0.4, -0.2) is 29.6 Å². The van der Waals surface area contributed by atoms with E-state index in [9.17, 15) is 22.8 Å². The predicted octanol–water partition coefficient (Wildman–Crippen LogP) is 3.36. The first-order valence-electron chi connectivity index (χ1n) is 7.75. The molecule has 0 bridgehead atoms. The van der Waals surface area contributed by atoms with Crippen LogP contribution in [0.1, 0.15) is 21.7 Å². The summed E-state index contributed by atoms with van der Waals surface area (Å²) in [6, 6.07) is 2.24. The average molecular weight is 417 g/mol. The third kappa shape index (κ3) is 4.71. The molecular weight excluding hydrogens is 405 g/mol. The number of carbonyl (C=O) groups excluding carboxylic acids is 1. The van der Waals surface area contributed by atoms with Crippen LogP contribution in [0, 0.1) is 17.7 Å². The maximum Gasteiger partial charge on any atom is 0.286 e. The highest BCUT2D eigenvalue weighted by atomic mass is 35.5. The Hall–Kier alpha value is -2.28. The smallest absolute Gasteiger partial charge is 0.286 e. The lowest BCUT2D eigenvalue weighted by atomic mass is 10.2. The van der Waals surface area contributed by atoms with Crippen LogP contribution >= 0.6 is 22.9 Å². The second-order valence-corrected chi connectivity index (χ2v) is 7.25. The van der Waals surface area contributed by atoms with Crippen molar-refractivity contribution in [2.24, 2.45) is 0 Å². The van der Waals surface area contributed by atoms with Crippen molar-refractivity contribution in [2.75, 3.05) is 11.9 Å². The topological polar surface area (TPSA) is 60.3 Å². The van der Waals surface area contributed by atoms with Gasteiger partial charge in [-0.05, 0) is 6.07 Å². The maximum atomic E-state index is 13.6. The molecule has 0 aliphatic carbocycles. The molecule has 3 heterocycles. The first-order valence-corrected chi connectivity index (χ1v) is 8.95. The van der Waals surface area contributed by atoms with Crippen molar-refractivity contribution in [3.63, 3.8) is 0 Å². The van der Waals surface area contributed by atoms with Gasteiger partial charge in [0.25, 0.3) is 17.9 Å². The quantitative estimate of drug-likeness (QED) is 0.777. The van der Waals surface area contributed by atoms with Crippen LogP contribution in [0.15, 0.2) is 23.1 Å². The van der Waals surface area contributed by atoms with Crippen LogP contribution in [0.25, 0.3) is 0 Å². The van der Waals surface area contributed by atoms with Gasteiger partial charge >= 0.3 is 0 Å². The van der Waals surface area contributed by atoms with E-state index in [1.54, 1.807) is 0 Å². The van der Waals surface area contributed by atoms with Gasteiger partial charge in [-0.1, -0.05) is 23.4 Å². The standard InChI is InChI=1S/C17H12ClF3N2O3S/c18-15-9(1-2-11-3-4-26-11)5-13(27-15)16(24)22-10-6-12(19)17(25)23(7-10)8-14(20)21/h5-7,11,14H,3-4,8H2,(H,22,24). The molecule has 1 aliphatic rings. The van der Waals surface area contributed by atoms with Gasteiger partial charge < -0.3 is 14.6 Å². The molecule has 1 fully saturated rings. The fourth-order valence-corrected chi connectivity index (χ4v) is 3.30. The highest BCUT2D eigenvalue weighted by Crippen LogP contribution is 2.28. The third-order valence-corrected chi connectivity index (χ3v) is 4.97. The molecule has 1 atom stereocenters. The first kappa shape index (κ1) is 19.5. The van der Waals surface area contributed by atoms with Gasteiger partial charge in [0, 0.05) is 18.7 Å². The largest absolute Gasteiger partial charge is 0.365 e. The van der Waals surface area contributed by atoms with Crippen molar-refractivity contribution in [3.8, 4) is 11.8 Å². The summed E-state index contributed by atoms with van der Waals surface area (Å²) in [7, 11) is 0. The second-order valence-electron chi connectivity index (χ2n) is 5.59. The predicted molar refractivity (Wildman–Crippen MR) is 95.2 cm³/mol. The van der Waals surface area contributed by atoms with Crippen LogP contribution in [0.5, 0.6) is 0 Å². The van der Waals surface area contributed by atoms with E-state index in [1.165, 1.54) is 6.07 Å². The zero-order valence-corrected chi connectivity index (χ0v) is 15.2. The number of thiophene rings is 1. The zero-order valence-electron chi connectivity index (χ0n) is 13.6. The fraction of sp³-hybridized carbons (Fsp3) is 0.294. The van der Waals surface area contributed by atoms with Crippen molar-refractivity contribution in [3.05, 3.63) is 49.3 Å². The summed E-state index contributed by atoms with van der Waals surface area (Å²) in [4.78, 5) is 24.0. The number of hydrogen-bond acceptors (Lipinski definition) is 4. The van der Waals surface area contributed by atoms with E-state index in [1.807, 2.05) is 0 Å². The Morgan fingerprint density at radius 1 is 1.48 bits per heavy atom. The molecule has 0 radical (unpaired) electrons. The number of halogens is 4. The Morgan fingerprint density at radius 2 is 2.22 bits per heavy atom. The van der Waals surface area contributed by atoms with Crippen molar-refractivity contribution < 1.29 is 22.7 Å². The summed E-state index contributed by atoms with van der Waals surface area (Å²) in [6.45, 7) is -0.318. The SMILES string of the molecule is O=C(Nc1cc(F)c(=O)n(CC(F)F)c1)c1cc(C#CC2CCO2)c(Cl)s1. The minimum absolute atomic E-state index is 0.127. The number of anilines is 1. The molecule has 1 N–H and O–H groups in total. The number of alkyl halides is 2. The summed E-state index contributed by atoms with van der Waals surface area (Å²) >= 11 is 7.04. The van der Waals surface area contributed by atoms with Gasteiger partial charge in [0.05, 0.1) is 29.3 Å². The van der Waals surface area contributed by atoms with Gasteiger partial charge in [0.2, 0.25) is 0 Å². The van der Waals surface area contributed by atoms with Gasteiger partial charge in [-0.3, -0.25) is 9.59 Å². The summed E-state index contributed by atoms with van der Waals surface area (Å²) in [6.07, 6.45) is -1.19. The lowest BCUT2D eigenvalue weighted by Gasteiger charge is -2.20. The third-order valence-electron chi connectivity index (χ3n) is 3.61. The van der Waals surface area contributed by atoms with E-state index in [-0.39, 0.29) is 16.7 Å². The summed E-state index contributed by atoms with van der Waals surface area (Å²) in [5.41, 5.74) is -0.864. The van der Waals surface area contributed by atoms with E-state index in [0.717, 1.165) is 30.0 Å². The minimum Gasteiger partial charge on any atom is -0.365 e. The Kier molecular flexibility index (Phi) is 5.89. The number of amides is 1. The Balaban J connectivity index is 1.78. The van der Waals surface area contributed by atoms with Crippen molar-refractivity contribution in [2.45, 2.75) is 25.5 Å². The molecule has 1 amide bonds. The molecule has 142 valence electrons. The zero-order chi connectivity index (χ0) is 19.6. The Bertz CT molecular complexity index is 990. The maximum absolute atomic E-state index is 13.6. The van der Waals surface area contributed by atoms with Gasteiger partial charge in [0.1, 0.15) is 10.4 Å². The Labute approximate surface area is 160 Å². The fourth-order valence-electron chi connectivity index (χ4n) is 2.22. The van der Waals surface area contributed by atoms with E-state index >= 15 is 0 Å². The summed E-state index contributed by atoms with van der Waals surface area (Å²) < 4.78 is 44.6. The first-order chi connectivity index (χ1) is 12.8. The van der Waals surface area contributed by atoms with Crippen LogP contribution in [0.3, 0.4) is 0 Å². The molecule has 10 heteroatoms. The molecule has 5 nitrogen and oxygen atoms in total. The van der Waals surface area contributed by atoms with Crippen molar-refractivity contribution in [1.82, 2.24) is 4.57 Å². The molecule has 0 saturated carbocycles. The van der Waals surface area contributed by atoms with E-state index < -0.39 is 30.3 Å². The molecule has 2 aromatic heterocycles. The van der Waals surface area contributed by atoms with E-state index in [2.05, 4.69) is 17.2 Å². The lowest BCUT2D eigenvalue weighted by molar-refractivity contribution is -0.0122. The molecule has 27 heavy (non-hydrogen) atoms. The van der Waals surface area contributed by atoms with E-state index in [4.69, 9.17) is 16.3 Å². The lowest BCUT2D eigenvalue weighted by Crippen LogP contribution is -2.26. The number of rotatable bonds is 4. The minimum atomic E-state index is -2.84. The summed E-state index contributed by atoms with van der Waals surface area (Å²) in [5.74, 6) is 3.84. The molecular formula is C17H12ClF3N2O3S. The van der Waals surface area contributed by atoms with Crippen molar-refractivity contribution in [1.29, 1.82) is 0 Å². The number of nitrogens with one attached hydrogen (secondary N) is 1. The van der Waals surface area contributed by atoms with Crippen LogP contribution in [0.2, 0.25) is 4.34 Å². The second kappa shape index (κ2) is 8.17. The highest BCUT2D eigenvalue weighted by Gasteiger charge is 2.17. The number of pyridine rings is 1. The van der Waals surface area contributed by atoms with Crippen LogP contribution in [0.4, 0.5) is 18.9 Å². The number of hydrogen-bond donors (Lipinski definition) is 1. The van der Waals surface area contributed by atoms with Crippen LogP contribution in [-0.2, 0) is 11.3 Å². The van der Waals surface area contributed by atoms with Gasteiger partial charge in [-0.2, -0.15) is 0 Å². The normalized spacial score (nSPS) is 15.8. The molecule has 0 aromatic carbocycles. The molecule has 2 aromatic rings. The molecule has 1 aliphatic heterocycles. The summed E-state index contributed by atoms with van der Waals surface area (Å²) in [5, 5.41) is 2.36. The number of ether oxygens (including phenoxy) is 1. The molecule has 3 rings (SSSR count). The molecule has 1 unspecified atom stereocenters. The Morgan fingerprint density at radius 3 is 2.85 bits per heavy atom. The molecule has 0 spiro atoms. The number of carbonyl (C=O) groups is 1. The van der Waals surface area contributed by atoms with Gasteiger partial charge in [0.15, 0.2) is 5.82 Å². The van der Waals surface area contributed by atoms with Gasteiger partial charge in [-0.15, -0.1) is 11.3 Å². The number of aromatic nitrogens is 1. The molecule has 1 saturated heterocycles. The average Bonchev–Trinajstić information content (AvgIpc) is 2.91. The number of nitrogens with zero attached hydrogens (tertiary/aromatic N) is 1.